The fourth-order valence-electron chi connectivity index (χ4n) is 3.87. The Kier molecular flexibility index (Phi) is 5.82. The van der Waals surface area contributed by atoms with Crippen molar-refractivity contribution < 1.29 is 9.13 Å². The van der Waals surface area contributed by atoms with Crippen LogP contribution in [0.5, 0.6) is 5.75 Å². The molecular formula is C21H25FN6O. The molecule has 2 aromatic carbocycles. The van der Waals surface area contributed by atoms with Crippen LogP contribution in [0.1, 0.15) is 35.8 Å². The number of nitrogens with zero attached hydrogens (tertiary/aromatic N) is 4. The molecule has 152 valence electrons. The lowest BCUT2D eigenvalue weighted by molar-refractivity contribution is 0.302. The number of methoxy groups -OCH3 is 1. The molecule has 1 saturated heterocycles. The molecule has 0 amide bonds. The van der Waals surface area contributed by atoms with E-state index in [0.29, 0.717) is 6.54 Å². The van der Waals surface area contributed by atoms with E-state index in [1.54, 1.807) is 11.8 Å². The van der Waals surface area contributed by atoms with Gasteiger partial charge in [0, 0.05) is 24.2 Å². The van der Waals surface area contributed by atoms with Crippen LogP contribution in [0.2, 0.25) is 0 Å². The summed E-state index contributed by atoms with van der Waals surface area (Å²) in [7, 11) is 1.67. The second-order valence-electron chi connectivity index (χ2n) is 7.25. The number of aromatic nitrogens is 4. The highest BCUT2D eigenvalue weighted by Gasteiger charge is 2.26. The van der Waals surface area contributed by atoms with Crippen molar-refractivity contribution in [1.82, 2.24) is 30.8 Å². The molecule has 1 aliphatic rings. The molecule has 0 unspecified atom stereocenters. The molecule has 1 fully saturated rings. The standard InChI is InChI=1S/C21H25FN6O/c1-14-25-26-27-28(14)18-9-10-20(29-2)16(12-18)13-24-19-4-3-11-23-21(19)15-5-7-17(22)8-6-15/h5-10,12,19,21,23-24H,3-4,11,13H2,1-2H3/t19-,21-/m0/s1. The van der Waals surface area contributed by atoms with Gasteiger partial charge >= 0.3 is 0 Å². The Morgan fingerprint density at radius 2 is 2.07 bits per heavy atom. The van der Waals surface area contributed by atoms with Crippen molar-refractivity contribution in [3.05, 3.63) is 65.2 Å². The first kappa shape index (κ1) is 19.5. The van der Waals surface area contributed by atoms with E-state index in [0.717, 1.165) is 47.8 Å². The molecule has 0 bridgehead atoms. The quantitative estimate of drug-likeness (QED) is 0.667. The number of hydrogen-bond acceptors (Lipinski definition) is 6. The number of rotatable bonds is 6. The van der Waals surface area contributed by atoms with Crippen LogP contribution >= 0.6 is 0 Å². The molecule has 0 saturated carbocycles. The maximum absolute atomic E-state index is 13.3. The number of ether oxygens (including phenoxy) is 1. The summed E-state index contributed by atoms with van der Waals surface area (Å²) in [6.45, 7) is 3.46. The molecule has 2 atom stereocenters. The van der Waals surface area contributed by atoms with E-state index in [1.807, 2.05) is 37.3 Å². The Bertz CT molecular complexity index is 958. The SMILES string of the molecule is COc1ccc(-n2nnnc2C)cc1CN[C@H]1CCCN[C@H]1c1ccc(F)cc1. The highest BCUT2D eigenvalue weighted by Crippen LogP contribution is 2.26. The highest BCUT2D eigenvalue weighted by atomic mass is 19.1. The normalized spacial score (nSPS) is 19.3. The second-order valence-corrected chi connectivity index (χ2v) is 7.25. The van der Waals surface area contributed by atoms with Gasteiger partial charge in [0.1, 0.15) is 11.6 Å². The van der Waals surface area contributed by atoms with E-state index < -0.39 is 0 Å². The molecule has 1 aliphatic heterocycles. The molecule has 1 aromatic heterocycles. The van der Waals surface area contributed by atoms with Crippen LogP contribution in [0, 0.1) is 12.7 Å². The lowest BCUT2D eigenvalue weighted by atomic mass is 9.92. The Hall–Kier alpha value is -2.84. The van der Waals surface area contributed by atoms with E-state index in [1.165, 1.54) is 12.1 Å². The van der Waals surface area contributed by atoms with Gasteiger partial charge in [0.25, 0.3) is 0 Å². The largest absolute Gasteiger partial charge is 0.496 e. The Balaban J connectivity index is 1.53. The number of halogens is 1. The molecule has 0 aliphatic carbocycles. The van der Waals surface area contributed by atoms with Gasteiger partial charge in [-0.05, 0) is 72.6 Å². The molecular weight excluding hydrogens is 371 g/mol. The molecule has 0 radical (unpaired) electrons. The van der Waals surface area contributed by atoms with Gasteiger partial charge in [-0.3, -0.25) is 0 Å². The summed E-state index contributed by atoms with van der Waals surface area (Å²) in [5, 5.41) is 19.0. The summed E-state index contributed by atoms with van der Waals surface area (Å²) >= 11 is 0. The number of benzene rings is 2. The van der Waals surface area contributed by atoms with Crippen molar-refractivity contribution in [3.63, 3.8) is 0 Å². The zero-order valence-electron chi connectivity index (χ0n) is 16.6. The zero-order chi connectivity index (χ0) is 20.2. The van der Waals surface area contributed by atoms with Gasteiger partial charge in [-0.2, -0.15) is 4.68 Å². The van der Waals surface area contributed by atoms with Gasteiger partial charge < -0.3 is 15.4 Å². The summed E-state index contributed by atoms with van der Waals surface area (Å²) in [5.74, 6) is 1.32. The van der Waals surface area contributed by atoms with Crippen LogP contribution in [-0.2, 0) is 6.54 Å². The molecule has 0 spiro atoms. The summed E-state index contributed by atoms with van der Waals surface area (Å²) in [6, 6.07) is 13.0. The van der Waals surface area contributed by atoms with Crippen LogP contribution in [-0.4, -0.2) is 39.9 Å². The summed E-state index contributed by atoms with van der Waals surface area (Å²) in [5.41, 5.74) is 3.01. The third kappa shape index (κ3) is 4.28. The molecule has 2 N–H and O–H groups in total. The molecule has 7 nitrogen and oxygen atoms in total. The van der Waals surface area contributed by atoms with Gasteiger partial charge in [0.15, 0.2) is 5.82 Å². The third-order valence-corrected chi connectivity index (χ3v) is 5.38. The maximum Gasteiger partial charge on any atom is 0.153 e. The van der Waals surface area contributed by atoms with Crippen LogP contribution in [0.3, 0.4) is 0 Å². The summed E-state index contributed by atoms with van der Waals surface area (Å²) in [4.78, 5) is 0. The van der Waals surface area contributed by atoms with E-state index >= 15 is 0 Å². The highest BCUT2D eigenvalue weighted by molar-refractivity contribution is 5.44. The van der Waals surface area contributed by atoms with Crippen molar-refractivity contribution in [3.8, 4) is 11.4 Å². The number of hydrogen-bond donors (Lipinski definition) is 2. The fraction of sp³-hybridized carbons (Fsp3) is 0.381. The van der Waals surface area contributed by atoms with Crippen LogP contribution in [0.4, 0.5) is 4.39 Å². The van der Waals surface area contributed by atoms with Crippen molar-refractivity contribution >= 4 is 0 Å². The average molecular weight is 396 g/mol. The number of aryl methyl sites for hydroxylation is 1. The van der Waals surface area contributed by atoms with Crippen molar-refractivity contribution in [2.24, 2.45) is 0 Å². The monoisotopic (exact) mass is 396 g/mol. The minimum atomic E-state index is -0.214. The topological polar surface area (TPSA) is 76.9 Å². The first-order valence-corrected chi connectivity index (χ1v) is 9.80. The maximum atomic E-state index is 13.3. The fourth-order valence-corrected chi connectivity index (χ4v) is 3.87. The van der Waals surface area contributed by atoms with Crippen molar-refractivity contribution in [1.29, 1.82) is 0 Å². The minimum Gasteiger partial charge on any atom is -0.496 e. The third-order valence-electron chi connectivity index (χ3n) is 5.38. The predicted molar refractivity (Wildman–Crippen MR) is 107 cm³/mol. The van der Waals surface area contributed by atoms with Gasteiger partial charge in [0.05, 0.1) is 12.8 Å². The van der Waals surface area contributed by atoms with Gasteiger partial charge in [-0.1, -0.05) is 12.1 Å². The number of tetrazole rings is 1. The van der Waals surface area contributed by atoms with Gasteiger partial charge in [-0.15, -0.1) is 5.10 Å². The molecule has 4 rings (SSSR count). The second kappa shape index (κ2) is 8.67. The van der Waals surface area contributed by atoms with Crippen LogP contribution < -0.4 is 15.4 Å². The predicted octanol–water partition coefficient (Wildman–Crippen LogP) is 2.70. The lowest BCUT2D eigenvalue weighted by Gasteiger charge is -2.34. The van der Waals surface area contributed by atoms with E-state index in [2.05, 4.69) is 26.2 Å². The van der Waals surface area contributed by atoms with E-state index in [9.17, 15) is 4.39 Å². The van der Waals surface area contributed by atoms with E-state index in [-0.39, 0.29) is 17.9 Å². The van der Waals surface area contributed by atoms with Gasteiger partial charge in [0.2, 0.25) is 0 Å². The van der Waals surface area contributed by atoms with E-state index in [4.69, 9.17) is 4.74 Å². The molecule has 3 aromatic rings. The number of piperidine rings is 1. The average Bonchev–Trinajstić information content (AvgIpc) is 3.19. The summed E-state index contributed by atoms with van der Waals surface area (Å²) in [6.07, 6.45) is 2.14. The summed E-state index contributed by atoms with van der Waals surface area (Å²) < 4.78 is 20.6. The first-order chi connectivity index (χ1) is 14.2. The molecule has 8 heteroatoms. The number of nitrogens with one attached hydrogen (secondary N) is 2. The Morgan fingerprint density at radius 3 is 2.79 bits per heavy atom. The zero-order valence-corrected chi connectivity index (χ0v) is 16.6. The molecule has 29 heavy (non-hydrogen) atoms. The van der Waals surface area contributed by atoms with Crippen LogP contribution in [0.15, 0.2) is 42.5 Å². The van der Waals surface area contributed by atoms with Crippen molar-refractivity contribution in [2.45, 2.75) is 38.4 Å². The first-order valence-electron chi connectivity index (χ1n) is 9.80. The smallest absolute Gasteiger partial charge is 0.153 e. The van der Waals surface area contributed by atoms with Crippen molar-refractivity contribution in [2.75, 3.05) is 13.7 Å². The van der Waals surface area contributed by atoms with Crippen LogP contribution in [0.25, 0.3) is 5.69 Å². The lowest BCUT2D eigenvalue weighted by Crippen LogP contribution is -2.45. The van der Waals surface area contributed by atoms with Gasteiger partial charge in [-0.25, -0.2) is 4.39 Å². The Morgan fingerprint density at radius 1 is 1.24 bits per heavy atom. The minimum absolute atomic E-state index is 0.139. The Labute approximate surface area is 169 Å². The molecule has 2 heterocycles.